The molecule has 0 aliphatic rings. The zero-order valence-corrected chi connectivity index (χ0v) is 14.6. The summed E-state index contributed by atoms with van der Waals surface area (Å²) in [4.78, 5) is 0. The van der Waals surface area contributed by atoms with E-state index >= 15 is 0 Å². The Balaban J connectivity index is 2.13. The van der Waals surface area contributed by atoms with Gasteiger partial charge in [0.05, 0.1) is 5.69 Å². The maximum atomic E-state index is 6.30. The predicted molar refractivity (Wildman–Crippen MR) is 91.6 cm³/mol. The number of hydrogen-bond donors (Lipinski definition) is 1. The van der Waals surface area contributed by atoms with E-state index in [2.05, 4.69) is 25.9 Å². The molecule has 0 spiro atoms. The van der Waals surface area contributed by atoms with E-state index in [0.717, 1.165) is 18.5 Å². The highest BCUT2D eigenvalue weighted by Gasteiger charge is 2.12. The van der Waals surface area contributed by atoms with Gasteiger partial charge in [-0.2, -0.15) is 5.10 Å². The quantitative estimate of drug-likeness (QED) is 0.613. The molecule has 3 nitrogen and oxygen atoms in total. The van der Waals surface area contributed by atoms with Crippen molar-refractivity contribution >= 4 is 0 Å². The highest BCUT2D eigenvalue weighted by Crippen LogP contribution is 2.16. The van der Waals surface area contributed by atoms with Gasteiger partial charge in [-0.15, -0.1) is 0 Å². The van der Waals surface area contributed by atoms with E-state index in [1.54, 1.807) is 0 Å². The number of nitrogens with zero attached hydrogens (tertiary/aromatic N) is 2. The van der Waals surface area contributed by atoms with Crippen molar-refractivity contribution in [3.8, 4) is 0 Å². The molecule has 1 atom stereocenters. The largest absolute Gasteiger partial charge is 0.327 e. The minimum Gasteiger partial charge on any atom is -0.327 e. The number of hydrogen-bond acceptors (Lipinski definition) is 2. The van der Waals surface area contributed by atoms with Crippen LogP contribution in [0.4, 0.5) is 0 Å². The van der Waals surface area contributed by atoms with Gasteiger partial charge >= 0.3 is 0 Å². The molecule has 0 fully saturated rings. The van der Waals surface area contributed by atoms with Gasteiger partial charge in [0.15, 0.2) is 0 Å². The highest BCUT2D eigenvalue weighted by molar-refractivity contribution is 5.25. The Bertz CT molecular complexity index is 395. The minimum atomic E-state index is 0.284. The lowest BCUT2D eigenvalue weighted by Gasteiger charge is -2.12. The Labute approximate surface area is 131 Å². The molecule has 1 aromatic heterocycles. The Kier molecular flexibility index (Phi) is 8.67. The molecule has 1 heterocycles. The predicted octanol–water partition coefficient (Wildman–Crippen LogP) is 4.44. The standard InChI is InChI=1S/C18H35N3/c1-5-6-7-8-9-10-11-12-13-17(19)14-18-15(2)20-21(4)16(18)3/h17H,5-14,19H2,1-4H3. The third kappa shape index (κ3) is 6.64. The third-order valence-corrected chi connectivity index (χ3v) is 4.55. The molecule has 0 radical (unpaired) electrons. The van der Waals surface area contributed by atoms with E-state index in [1.807, 2.05) is 11.7 Å². The molecule has 0 amide bonds. The number of unbranched alkanes of at least 4 members (excludes halogenated alkanes) is 7. The van der Waals surface area contributed by atoms with Crippen LogP contribution < -0.4 is 5.73 Å². The first-order valence-electron chi connectivity index (χ1n) is 8.80. The monoisotopic (exact) mass is 293 g/mol. The SMILES string of the molecule is CCCCCCCCCCC(N)Cc1c(C)nn(C)c1C. The van der Waals surface area contributed by atoms with Crippen molar-refractivity contribution in [3.05, 3.63) is 17.0 Å². The lowest BCUT2D eigenvalue weighted by atomic mass is 9.99. The molecule has 1 aromatic rings. The summed E-state index contributed by atoms with van der Waals surface area (Å²) >= 11 is 0. The van der Waals surface area contributed by atoms with E-state index in [9.17, 15) is 0 Å². The van der Waals surface area contributed by atoms with Gasteiger partial charge in [0.25, 0.3) is 0 Å². The third-order valence-electron chi connectivity index (χ3n) is 4.55. The fourth-order valence-corrected chi connectivity index (χ4v) is 3.02. The molecule has 0 aliphatic heterocycles. The summed E-state index contributed by atoms with van der Waals surface area (Å²) < 4.78 is 1.97. The second-order valence-corrected chi connectivity index (χ2v) is 6.50. The lowest BCUT2D eigenvalue weighted by Crippen LogP contribution is -2.23. The van der Waals surface area contributed by atoms with Gasteiger partial charge in [0.2, 0.25) is 0 Å². The fraction of sp³-hybridized carbons (Fsp3) is 0.833. The van der Waals surface area contributed by atoms with Gasteiger partial charge in [0.1, 0.15) is 0 Å². The normalized spacial score (nSPS) is 12.8. The molecule has 1 unspecified atom stereocenters. The summed E-state index contributed by atoms with van der Waals surface area (Å²) in [5, 5.41) is 4.47. The van der Waals surface area contributed by atoms with E-state index in [1.165, 1.54) is 62.6 Å². The maximum Gasteiger partial charge on any atom is 0.0628 e. The molecule has 2 N–H and O–H groups in total. The summed E-state index contributed by atoms with van der Waals surface area (Å²) in [6.07, 6.45) is 13.1. The lowest BCUT2D eigenvalue weighted by molar-refractivity contribution is 0.524. The number of rotatable bonds is 11. The maximum absolute atomic E-state index is 6.30. The van der Waals surface area contributed by atoms with Gasteiger partial charge in [-0.1, -0.05) is 58.3 Å². The average molecular weight is 293 g/mol. The minimum absolute atomic E-state index is 0.284. The van der Waals surface area contributed by atoms with Crippen LogP contribution in [0.5, 0.6) is 0 Å². The first-order valence-corrected chi connectivity index (χ1v) is 8.80. The summed E-state index contributed by atoms with van der Waals surface area (Å²) in [6.45, 7) is 6.50. The van der Waals surface area contributed by atoms with Crippen LogP contribution in [0.2, 0.25) is 0 Å². The van der Waals surface area contributed by atoms with Crippen molar-refractivity contribution in [1.29, 1.82) is 0 Å². The first kappa shape index (κ1) is 18.2. The molecule has 0 bridgehead atoms. The molecular weight excluding hydrogens is 258 g/mol. The molecule has 0 aliphatic carbocycles. The number of nitrogens with two attached hydrogens (primary N) is 1. The highest BCUT2D eigenvalue weighted by atomic mass is 15.3. The van der Waals surface area contributed by atoms with Crippen molar-refractivity contribution in [2.45, 2.75) is 91.0 Å². The van der Waals surface area contributed by atoms with Gasteiger partial charge in [-0.05, 0) is 32.3 Å². The zero-order chi connectivity index (χ0) is 15.7. The average Bonchev–Trinajstić information content (AvgIpc) is 2.68. The van der Waals surface area contributed by atoms with Crippen LogP contribution in [0.15, 0.2) is 0 Å². The Morgan fingerprint density at radius 1 is 1.00 bits per heavy atom. The van der Waals surface area contributed by atoms with Gasteiger partial charge in [-0.25, -0.2) is 0 Å². The van der Waals surface area contributed by atoms with Crippen LogP contribution in [-0.4, -0.2) is 15.8 Å². The fourth-order valence-electron chi connectivity index (χ4n) is 3.02. The zero-order valence-electron chi connectivity index (χ0n) is 14.6. The summed E-state index contributed by atoms with van der Waals surface area (Å²) in [6, 6.07) is 0.284. The van der Waals surface area contributed by atoms with Crippen LogP contribution in [0.3, 0.4) is 0 Å². The Morgan fingerprint density at radius 3 is 2.10 bits per heavy atom. The van der Waals surface area contributed by atoms with Crippen molar-refractivity contribution in [2.24, 2.45) is 12.8 Å². The van der Waals surface area contributed by atoms with Crippen LogP contribution in [0, 0.1) is 13.8 Å². The molecule has 0 aromatic carbocycles. The number of aryl methyl sites for hydroxylation is 2. The molecule has 0 saturated heterocycles. The van der Waals surface area contributed by atoms with Gasteiger partial charge < -0.3 is 5.73 Å². The first-order chi connectivity index (χ1) is 10.1. The molecule has 122 valence electrons. The Hall–Kier alpha value is -0.830. The van der Waals surface area contributed by atoms with Crippen molar-refractivity contribution < 1.29 is 0 Å². The van der Waals surface area contributed by atoms with Crippen LogP contribution in [-0.2, 0) is 13.5 Å². The van der Waals surface area contributed by atoms with Crippen LogP contribution in [0.25, 0.3) is 0 Å². The van der Waals surface area contributed by atoms with Crippen LogP contribution in [0.1, 0.15) is 81.7 Å². The van der Waals surface area contributed by atoms with Crippen molar-refractivity contribution in [2.75, 3.05) is 0 Å². The topological polar surface area (TPSA) is 43.8 Å². The smallest absolute Gasteiger partial charge is 0.0628 e. The molecule has 1 rings (SSSR count). The van der Waals surface area contributed by atoms with E-state index in [4.69, 9.17) is 5.73 Å². The van der Waals surface area contributed by atoms with Gasteiger partial charge in [-0.3, -0.25) is 4.68 Å². The van der Waals surface area contributed by atoms with Crippen LogP contribution >= 0.6 is 0 Å². The molecule has 3 heteroatoms. The summed E-state index contributed by atoms with van der Waals surface area (Å²) in [5.41, 5.74) is 10.1. The molecule has 21 heavy (non-hydrogen) atoms. The van der Waals surface area contributed by atoms with E-state index in [-0.39, 0.29) is 6.04 Å². The van der Waals surface area contributed by atoms with E-state index < -0.39 is 0 Å². The Morgan fingerprint density at radius 2 is 1.57 bits per heavy atom. The van der Waals surface area contributed by atoms with Crippen molar-refractivity contribution in [1.82, 2.24) is 9.78 Å². The summed E-state index contributed by atoms with van der Waals surface area (Å²) in [7, 11) is 2.01. The second kappa shape index (κ2) is 9.99. The number of aromatic nitrogens is 2. The molecule has 0 saturated carbocycles. The van der Waals surface area contributed by atoms with E-state index in [0.29, 0.717) is 0 Å². The second-order valence-electron chi connectivity index (χ2n) is 6.50. The summed E-state index contributed by atoms with van der Waals surface area (Å²) in [5.74, 6) is 0. The molecular formula is C18H35N3. The van der Waals surface area contributed by atoms with Crippen molar-refractivity contribution in [3.63, 3.8) is 0 Å². The van der Waals surface area contributed by atoms with Gasteiger partial charge in [0, 0.05) is 18.8 Å².